The summed E-state index contributed by atoms with van der Waals surface area (Å²) in [4.78, 5) is 11.3. The largest absolute Gasteiger partial charge is 0.354 e. The van der Waals surface area contributed by atoms with Crippen LogP contribution in [0, 0.1) is 0 Å². The summed E-state index contributed by atoms with van der Waals surface area (Å²) in [5.74, 6) is 0.789. The van der Waals surface area contributed by atoms with Crippen molar-refractivity contribution in [2.24, 2.45) is 0 Å². The SMILES string of the molecule is CN(C1CCCN(c2cnc3cc(Cl)ccc3n2)C1)S(=O)(=O)C1CC1. The van der Waals surface area contributed by atoms with E-state index in [0.29, 0.717) is 11.6 Å². The number of likely N-dealkylation sites (N-methyl/N-ethyl adjacent to an activating group) is 1. The Morgan fingerprint density at radius 3 is 2.80 bits per heavy atom. The van der Waals surface area contributed by atoms with Crippen LogP contribution in [0.5, 0.6) is 0 Å². The van der Waals surface area contributed by atoms with E-state index in [1.54, 1.807) is 29.7 Å². The maximum absolute atomic E-state index is 12.5. The molecule has 4 rings (SSSR count). The monoisotopic (exact) mass is 380 g/mol. The molecule has 0 spiro atoms. The summed E-state index contributed by atoms with van der Waals surface area (Å²) >= 11 is 5.99. The lowest BCUT2D eigenvalue weighted by atomic mass is 10.1. The van der Waals surface area contributed by atoms with E-state index in [0.717, 1.165) is 49.1 Å². The fourth-order valence-corrected chi connectivity index (χ4v) is 5.35. The number of anilines is 1. The molecule has 1 aliphatic carbocycles. The van der Waals surface area contributed by atoms with Gasteiger partial charge >= 0.3 is 0 Å². The third-order valence-electron chi connectivity index (χ3n) is 5.07. The average molecular weight is 381 g/mol. The van der Waals surface area contributed by atoms with Crippen LogP contribution in [0.4, 0.5) is 5.82 Å². The zero-order chi connectivity index (χ0) is 17.6. The van der Waals surface area contributed by atoms with E-state index in [1.807, 2.05) is 6.07 Å². The standard InChI is InChI=1S/C17H21ClN4O2S/c1-21(25(23,24)14-5-6-14)13-3-2-8-22(11-13)17-10-19-16-9-12(18)4-7-15(16)20-17/h4,7,9-10,13-14H,2-3,5-6,8,11H2,1H3. The average Bonchev–Trinajstić information content (AvgIpc) is 3.46. The van der Waals surface area contributed by atoms with Crippen LogP contribution in [-0.2, 0) is 10.0 Å². The van der Waals surface area contributed by atoms with Crippen LogP contribution in [0.3, 0.4) is 0 Å². The zero-order valence-electron chi connectivity index (χ0n) is 14.1. The minimum Gasteiger partial charge on any atom is -0.354 e. The maximum Gasteiger partial charge on any atom is 0.217 e. The third kappa shape index (κ3) is 3.32. The minimum absolute atomic E-state index is 0.0120. The fraction of sp³-hybridized carbons (Fsp3) is 0.529. The van der Waals surface area contributed by atoms with Crippen molar-refractivity contribution in [3.63, 3.8) is 0 Å². The summed E-state index contributed by atoms with van der Waals surface area (Å²) in [6.45, 7) is 1.51. The lowest BCUT2D eigenvalue weighted by Gasteiger charge is -2.37. The van der Waals surface area contributed by atoms with Crippen LogP contribution in [0.1, 0.15) is 25.7 Å². The van der Waals surface area contributed by atoms with Gasteiger partial charge in [-0.2, -0.15) is 4.31 Å². The Hall–Kier alpha value is -1.44. The smallest absolute Gasteiger partial charge is 0.217 e. The van der Waals surface area contributed by atoms with Gasteiger partial charge < -0.3 is 4.90 Å². The fourth-order valence-electron chi connectivity index (χ4n) is 3.39. The molecule has 1 aromatic heterocycles. The van der Waals surface area contributed by atoms with Crippen molar-refractivity contribution in [3.8, 4) is 0 Å². The molecule has 2 aliphatic rings. The second-order valence-electron chi connectivity index (χ2n) is 6.86. The van der Waals surface area contributed by atoms with Crippen LogP contribution >= 0.6 is 11.6 Å². The van der Waals surface area contributed by atoms with Crippen LogP contribution in [0.25, 0.3) is 11.0 Å². The van der Waals surface area contributed by atoms with Crippen molar-refractivity contribution >= 4 is 38.5 Å². The Morgan fingerprint density at radius 2 is 2.04 bits per heavy atom. The van der Waals surface area contributed by atoms with Gasteiger partial charge in [0, 0.05) is 31.2 Å². The molecule has 25 heavy (non-hydrogen) atoms. The number of benzene rings is 1. The first-order chi connectivity index (χ1) is 11.9. The molecule has 0 N–H and O–H groups in total. The molecular formula is C17H21ClN4O2S. The molecule has 2 heterocycles. The highest BCUT2D eigenvalue weighted by Crippen LogP contribution is 2.33. The molecule has 1 aliphatic heterocycles. The van der Waals surface area contributed by atoms with Gasteiger partial charge in [0.25, 0.3) is 0 Å². The first-order valence-corrected chi connectivity index (χ1v) is 10.5. The number of halogens is 1. The maximum atomic E-state index is 12.5. The molecule has 2 aromatic rings. The van der Waals surface area contributed by atoms with Gasteiger partial charge in [-0.15, -0.1) is 0 Å². The van der Waals surface area contributed by atoms with E-state index in [9.17, 15) is 8.42 Å². The normalized spacial score (nSPS) is 21.9. The molecule has 6 nitrogen and oxygen atoms in total. The number of hydrogen-bond acceptors (Lipinski definition) is 5. The van der Waals surface area contributed by atoms with Crippen molar-refractivity contribution in [2.75, 3.05) is 25.0 Å². The van der Waals surface area contributed by atoms with Gasteiger partial charge in [0.1, 0.15) is 5.82 Å². The Labute approximate surface area is 152 Å². The molecule has 1 atom stereocenters. The van der Waals surface area contributed by atoms with Gasteiger partial charge in [0.15, 0.2) is 0 Å². The predicted molar refractivity (Wildman–Crippen MR) is 99.5 cm³/mol. The van der Waals surface area contributed by atoms with E-state index < -0.39 is 10.0 Å². The topological polar surface area (TPSA) is 66.4 Å². The summed E-state index contributed by atoms with van der Waals surface area (Å²) in [6.07, 6.45) is 5.16. The molecule has 0 radical (unpaired) electrons. The Balaban J connectivity index is 1.55. The predicted octanol–water partition coefficient (Wildman–Crippen LogP) is 2.68. The summed E-state index contributed by atoms with van der Waals surface area (Å²) in [6, 6.07) is 5.45. The second kappa shape index (κ2) is 6.37. The molecular weight excluding hydrogens is 360 g/mol. The summed E-state index contributed by atoms with van der Waals surface area (Å²) in [7, 11) is -1.44. The first-order valence-electron chi connectivity index (χ1n) is 8.59. The van der Waals surface area contributed by atoms with Gasteiger partial charge in [0.05, 0.1) is 22.5 Å². The van der Waals surface area contributed by atoms with E-state index >= 15 is 0 Å². The van der Waals surface area contributed by atoms with Crippen LogP contribution in [-0.4, -0.2) is 54.1 Å². The summed E-state index contributed by atoms with van der Waals surface area (Å²) in [5, 5.41) is 0.470. The van der Waals surface area contributed by atoms with Gasteiger partial charge in [-0.1, -0.05) is 11.6 Å². The quantitative estimate of drug-likeness (QED) is 0.815. The van der Waals surface area contributed by atoms with Gasteiger partial charge in [-0.3, -0.25) is 4.98 Å². The minimum atomic E-state index is -3.15. The molecule has 1 saturated carbocycles. The molecule has 1 aromatic carbocycles. The van der Waals surface area contributed by atoms with E-state index in [-0.39, 0.29) is 11.3 Å². The molecule has 2 fully saturated rings. The highest BCUT2D eigenvalue weighted by molar-refractivity contribution is 7.90. The van der Waals surface area contributed by atoms with Gasteiger partial charge in [-0.25, -0.2) is 13.4 Å². The number of sulfonamides is 1. The molecule has 1 saturated heterocycles. The molecule has 0 bridgehead atoms. The van der Waals surface area contributed by atoms with E-state index in [2.05, 4.69) is 14.9 Å². The molecule has 0 amide bonds. The van der Waals surface area contributed by atoms with Crippen LogP contribution in [0.15, 0.2) is 24.4 Å². The van der Waals surface area contributed by atoms with Crippen molar-refractivity contribution in [1.82, 2.24) is 14.3 Å². The van der Waals surface area contributed by atoms with Crippen molar-refractivity contribution in [2.45, 2.75) is 37.0 Å². The Kier molecular flexibility index (Phi) is 4.33. The summed E-state index contributed by atoms with van der Waals surface area (Å²) < 4.78 is 26.6. The number of piperidine rings is 1. The van der Waals surface area contributed by atoms with Crippen LogP contribution < -0.4 is 4.90 Å². The van der Waals surface area contributed by atoms with Crippen LogP contribution in [0.2, 0.25) is 5.02 Å². The number of fused-ring (bicyclic) bond motifs is 1. The highest BCUT2D eigenvalue weighted by atomic mass is 35.5. The van der Waals surface area contributed by atoms with Gasteiger partial charge in [0.2, 0.25) is 10.0 Å². The van der Waals surface area contributed by atoms with Crippen molar-refractivity contribution in [1.29, 1.82) is 0 Å². The van der Waals surface area contributed by atoms with Gasteiger partial charge in [-0.05, 0) is 43.9 Å². The second-order valence-corrected chi connectivity index (χ2v) is 9.57. The van der Waals surface area contributed by atoms with E-state index in [4.69, 9.17) is 11.6 Å². The zero-order valence-corrected chi connectivity index (χ0v) is 15.7. The number of aromatic nitrogens is 2. The lowest BCUT2D eigenvalue weighted by Crippen LogP contribution is -2.49. The molecule has 8 heteroatoms. The first kappa shape index (κ1) is 17.0. The number of hydrogen-bond donors (Lipinski definition) is 0. The van der Waals surface area contributed by atoms with E-state index in [1.165, 1.54) is 0 Å². The lowest BCUT2D eigenvalue weighted by molar-refractivity contribution is 0.319. The molecule has 134 valence electrons. The third-order valence-corrected chi connectivity index (χ3v) is 7.72. The molecule has 1 unspecified atom stereocenters. The number of nitrogens with zero attached hydrogens (tertiary/aromatic N) is 4. The highest BCUT2D eigenvalue weighted by Gasteiger charge is 2.41. The van der Waals surface area contributed by atoms with Crippen molar-refractivity contribution < 1.29 is 8.42 Å². The summed E-state index contributed by atoms with van der Waals surface area (Å²) in [5.41, 5.74) is 1.56. The number of rotatable bonds is 4. The Bertz CT molecular complexity index is 901. The Morgan fingerprint density at radius 1 is 1.24 bits per heavy atom. The van der Waals surface area contributed by atoms with Crippen molar-refractivity contribution in [3.05, 3.63) is 29.4 Å².